The zero-order valence-corrected chi connectivity index (χ0v) is 20.3. The van der Waals surface area contributed by atoms with Gasteiger partial charge in [-0.25, -0.2) is 18.1 Å². The molecule has 0 amide bonds. The number of nitrogens with zero attached hydrogens (tertiary/aromatic N) is 3. The molecule has 0 atom stereocenters. The number of H-pyrrole nitrogens is 1. The van der Waals surface area contributed by atoms with E-state index in [1.165, 1.54) is 34.8 Å². The maximum Gasteiger partial charge on any atom is 0.416 e. The number of alkyl halides is 3. The van der Waals surface area contributed by atoms with E-state index in [1.54, 1.807) is 44.2 Å². The summed E-state index contributed by atoms with van der Waals surface area (Å²) in [7, 11) is -3.89. The first kappa shape index (κ1) is 25.2. The lowest BCUT2D eigenvalue weighted by Crippen LogP contribution is -2.30. The van der Waals surface area contributed by atoms with Gasteiger partial charge in [-0.1, -0.05) is 36.4 Å². The van der Waals surface area contributed by atoms with E-state index in [9.17, 15) is 26.4 Å². The molecule has 188 valence electrons. The largest absolute Gasteiger partial charge is 0.416 e. The highest BCUT2D eigenvalue weighted by molar-refractivity contribution is 7.92. The number of rotatable bonds is 7. The summed E-state index contributed by atoms with van der Waals surface area (Å²) >= 11 is 0. The second kappa shape index (κ2) is 9.65. The van der Waals surface area contributed by atoms with Gasteiger partial charge in [0.25, 0.3) is 15.6 Å². The van der Waals surface area contributed by atoms with Gasteiger partial charge in [0.05, 0.1) is 11.3 Å². The van der Waals surface area contributed by atoms with Gasteiger partial charge in [-0.15, -0.1) is 0 Å². The number of aromatic nitrogens is 3. The van der Waals surface area contributed by atoms with Gasteiger partial charge in [-0.3, -0.25) is 14.2 Å². The number of nitrogens with one attached hydrogen (secondary N) is 1. The fourth-order valence-electron chi connectivity index (χ4n) is 3.88. The van der Waals surface area contributed by atoms with Crippen molar-refractivity contribution in [3.63, 3.8) is 0 Å². The second-order valence-electron chi connectivity index (χ2n) is 8.09. The molecule has 4 aromatic rings. The van der Waals surface area contributed by atoms with Crippen LogP contribution >= 0.6 is 0 Å². The van der Waals surface area contributed by atoms with Gasteiger partial charge in [0.15, 0.2) is 5.82 Å². The molecule has 7 nitrogen and oxygen atoms in total. The Morgan fingerprint density at radius 3 is 2.36 bits per heavy atom. The van der Waals surface area contributed by atoms with E-state index in [2.05, 4.69) is 10.1 Å². The van der Waals surface area contributed by atoms with E-state index < -0.39 is 27.3 Å². The molecule has 0 saturated heterocycles. The molecule has 11 heteroatoms. The van der Waals surface area contributed by atoms with Crippen molar-refractivity contribution < 1.29 is 21.6 Å². The number of halogens is 3. The van der Waals surface area contributed by atoms with Crippen LogP contribution in [-0.4, -0.2) is 29.7 Å². The SMILES string of the molecule is CCN(c1ccccc1)S(=O)(=O)c1ccc(-n2[nH]c(C)c(Cc3cccc(C(F)(F)F)c3)c2=O)nc1. The minimum absolute atomic E-state index is 0.00686. The predicted octanol–water partition coefficient (Wildman–Crippen LogP) is 4.69. The summed E-state index contributed by atoms with van der Waals surface area (Å²) in [6, 6.07) is 16.2. The van der Waals surface area contributed by atoms with Gasteiger partial charge in [0.1, 0.15) is 4.90 Å². The van der Waals surface area contributed by atoms with E-state index in [4.69, 9.17) is 0 Å². The van der Waals surface area contributed by atoms with Gasteiger partial charge in [-0.05, 0) is 49.7 Å². The third kappa shape index (κ3) is 4.92. The quantitative estimate of drug-likeness (QED) is 0.386. The van der Waals surface area contributed by atoms with Crippen molar-refractivity contribution in [3.8, 4) is 5.82 Å². The average molecular weight is 517 g/mol. The van der Waals surface area contributed by atoms with E-state index >= 15 is 0 Å². The highest BCUT2D eigenvalue weighted by Gasteiger charge is 2.30. The number of anilines is 1. The predicted molar refractivity (Wildman–Crippen MR) is 130 cm³/mol. The molecule has 0 aliphatic rings. The van der Waals surface area contributed by atoms with Crippen LogP contribution in [0.25, 0.3) is 5.82 Å². The number of aryl methyl sites for hydroxylation is 1. The standard InChI is InChI=1S/C25H23F3N4O3S/c1-3-31(20-10-5-4-6-11-20)36(34,35)21-12-13-23(29-16-21)32-24(33)22(17(2)30-32)15-18-8-7-9-19(14-18)25(26,27)28/h4-14,16,30H,3,15H2,1-2H3. The smallest absolute Gasteiger partial charge is 0.294 e. The normalized spacial score (nSPS) is 12.0. The molecule has 2 aromatic carbocycles. The van der Waals surface area contributed by atoms with Gasteiger partial charge in [-0.2, -0.15) is 13.2 Å². The maximum atomic E-state index is 13.2. The minimum Gasteiger partial charge on any atom is -0.294 e. The third-order valence-corrected chi connectivity index (χ3v) is 7.58. The molecular weight excluding hydrogens is 493 g/mol. The molecule has 4 rings (SSSR count). The fourth-order valence-corrected chi connectivity index (χ4v) is 5.30. The number of para-hydroxylation sites is 1. The molecule has 0 spiro atoms. The Hall–Kier alpha value is -3.86. The molecule has 0 aliphatic carbocycles. The molecule has 0 fully saturated rings. The van der Waals surface area contributed by atoms with Crippen LogP contribution in [-0.2, 0) is 22.6 Å². The van der Waals surface area contributed by atoms with Gasteiger partial charge in [0.2, 0.25) is 0 Å². The Labute approximate surface area is 205 Å². The number of benzene rings is 2. The summed E-state index contributed by atoms with van der Waals surface area (Å²) in [6.07, 6.45) is -3.32. The number of sulfonamides is 1. The fraction of sp³-hybridized carbons (Fsp3) is 0.200. The number of aromatic amines is 1. The Balaban J connectivity index is 1.63. The van der Waals surface area contributed by atoms with Gasteiger partial charge in [0, 0.05) is 30.4 Å². The Morgan fingerprint density at radius 2 is 1.75 bits per heavy atom. The molecule has 1 N–H and O–H groups in total. The number of pyridine rings is 1. The van der Waals surface area contributed by atoms with Crippen LogP contribution < -0.4 is 9.86 Å². The maximum absolute atomic E-state index is 13.2. The Bertz CT molecular complexity index is 1530. The van der Waals surface area contributed by atoms with Crippen LogP contribution in [0.3, 0.4) is 0 Å². The third-order valence-electron chi connectivity index (χ3n) is 5.70. The molecule has 2 aromatic heterocycles. The average Bonchev–Trinajstić information content (AvgIpc) is 3.13. The molecule has 0 aliphatic heterocycles. The van der Waals surface area contributed by atoms with Crippen molar-refractivity contribution in [3.05, 3.63) is 106 Å². The van der Waals surface area contributed by atoms with Crippen LogP contribution in [0.1, 0.15) is 29.3 Å². The lowest BCUT2D eigenvalue weighted by Gasteiger charge is -2.22. The first-order chi connectivity index (χ1) is 17.0. The monoisotopic (exact) mass is 516 g/mol. The molecule has 0 saturated carbocycles. The molecule has 2 heterocycles. The van der Waals surface area contributed by atoms with Gasteiger partial charge >= 0.3 is 6.18 Å². The first-order valence-electron chi connectivity index (χ1n) is 11.0. The summed E-state index contributed by atoms with van der Waals surface area (Å²) in [4.78, 5) is 17.2. The van der Waals surface area contributed by atoms with E-state index in [-0.39, 0.29) is 29.2 Å². The van der Waals surface area contributed by atoms with Crippen molar-refractivity contribution in [1.29, 1.82) is 0 Å². The van der Waals surface area contributed by atoms with E-state index in [0.717, 1.165) is 16.8 Å². The van der Waals surface area contributed by atoms with Crippen molar-refractivity contribution in [1.82, 2.24) is 14.8 Å². The minimum atomic E-state index is -4.48. The van der Waals surface area contributed by atoms with Crippen molar-refractivity contribution >= 4 is 15.7 Å². The molecular formula is C25H23F3N4O3S. The second-order valence-corrected chi connectivity index (χ2v) is 9.95. The molecule has 0 unspecified atom stereocenters. The highest BCUT2D eigenvalue weighted by Crippen LogP contribution is 2.30. The van der Waals surface area contributed by atoms with Crippen LogP contribution in [0.15, 0.2) is 82.6 Å². The highest BCUT2D eigenvalue weighted by atomic mass is 32.2. The van der Waals surface area contributed by atoms with E-state index in [1.807, 2.05) is 0 Å². The zero-order chi connectivity index (χ0) is 26.1. The van der Waals surface area contributed by atoms with Gasteiger partial charge < -0.3 is 0 Å². The van der Waals surface area contributed by atoms with Crippen LogP contribution in [0.5, 0.6) is 0 Å². The summed E-state index contributed by atoms with van der Waals surface area (Å²) in [5.41, 5.74) is 0.341. The summed E-state index contributed by atoms with van der Waals surface area (Å²) in [5, 5.41) is 2.87. The summed E-state index contributed by atoms with van der Waals surface area (Å²) in [5.74, 6) is 0.153. The zero-order valence-electron chi connectivity index (χ0n) is 19.5. The lowest BCUT2D eigenvalue weighted by molar-refractivity contribution is -0.137. The first-order valence-corrected chi connectivity index (χ1v) is 12.5. The van der Waals surface area contributed by atoms with Crippen molar-refractivity contribution in [2.45, 2.75) is 31.3 Å². The van der Waals surface area contributed by atoms with E-state index in [0.29, 0.717) is 16.9 Å². The lowest BCUT2D eigenvalue weighted by atomic mass is 10.0. The number of hydrogen-bond acceptors (Lipinski definition) is 4. The molecule has 0 radical (unpaired) electrons. The van der Waals surface area contributed by atoms with Crippen molar-refractivity contribution in [2.75, 3.05) is 10.8 Å². The Kier molecular flexibility index (Phi) is 6.77. The summed E-state index contributed by atoms with van der Waals surface area (Å²) < 4.78 is 67.9. The number of hydrogen-bond donors (Lipinski definition) is 1. The van der Waals surface area contributed by atoms with Crippen LogP contribution in [0, 0.1) is 6.92 Å². The summed E-state index contributed by atoms with van der Waals surface area (Å²) in [6.45, 7) is 3.57. The molecule has 36 heavy (non-hydrogen) atoms. The van der Waals surface area contributed by atoms with Crippen molar-refractivity contribution in [2.24, 2.45) is 0 Å². The molecule has 0 bridgehead atoms. The topological polar surface area (TPSA) is 88.1 Å². The Morgan fingerprint density at radius 1 is 1.03 bits per heavy atom. The van der Waals surface area contributed by atoms with Crippen LogP contribution in [0.2, 0.25) is 0 Å². The van der Waals surface area contributed by atoms with Crippen LogP contribution in [0.4, 0.5) is 18.9 Å².